The number of aryl methyl sites for hydroxylation is 1. The summed E-state index contributed by atoms with van der Waals surface area (Å²) in [5.41, 5.74) is 0.403. The normalized spacial score (nSPS) is 24.0. The number of hydrogen-bond donors (Lipinski definition) is 2. The topological polar surface area (TPSA) is 104 Å². The van der Waals surface area contributed by atoms with Gasteiger partial charge < -0.3 is 19.5 Å². The van der Waals surface area contributed by atoms with E-state index in [0.29, 0.717) is 5.69 Å². The van der Waals surface area contributed by atoms with Crippen molar-refractivity contribution in [2.45, 2.75) is 25.5 Å². The van der Waals surface area contributed by atoms with Gasteiger partial charge in [-0.3, -0.25) is 4.79 Å². The van der Waals surface area contributed by atoms with Crippen LogP contribution in [0.25, 0.3) is 0 Å². The highest BCUT2D eigenvalue weighted by Gasteiger charge is 2.40. The molecule has 0 unspecified atom stereocenters. The van der Waals surface area contributed by atoms with Gasteiger partial charge in [0.15, 0.2) is 6.39 Å². The Morgan fingerprint density at radius 3 is 2.82 bits per heavy atom. The zero-order chi connectivity index (χ0) is 12.6. The fourth-order valence-electron chi connectivity index (χ4n) is 1.91. The first-order valence-electron chi connectivity index (χ1n) is 5.12. The van der Waals surface area contributed by atoms with Gasteiger partial charge in [0, 0.05) is 13.0 Å². The molecule has 2 atom stereocenters. The van der Waals surface area contributed by atoms with Crippen molar-refractivity contribution in [1.29, 1.82) is 0 Å². The Hall–Kier alpha value is -1.89. The molecule has 1 saturated heterocycles. The standard InChI is InChI=1S/C10H12N2O5/c1-5-8(17-4-11-5)9(14)12-3-6(13)2-7(12)10(15)16/h4,6-7,13H,2-3H2,1H3,(H,15,16)/t6-,7-/m1/s1. The lowest BCUT2D eigenvalue weighted by Gasteiger charge is -2.19. The molecule has 0 aliphatic carbocycles. The first-order chi connectivity index (χ1) is 8.00. The Morgan fingerprint density at radius 1 is 1.59 bits per heavy atom. The number of carboxylic acid groups (broad SMARTS) is 1. The summed E-state index contributed by atoms with van der Waals surface area (Å²) in [6, 6.07) is -1.01. The highest BCUT2D eigenvalue weighted by atomic mass is 16.4. The number of aliphatic hydroxyl groups excluding tert-OH is 1. The van der Waals surface area contributed by atoms with Crippen molar-refractivity contribution in [3.63, 3.8) is 0 Å². The van der Waals surface area contributed by atoms with Crippen LogP contribution in [0.5, 0.6) is 0 Å². The van der Waals surface area contributed by atoms with Gasteiger partial charge in [-0.15, -0.1) is 0 Å². The summed E-state index contributed by atoms with van der Waals surface area (Å²) in [5, 5.41) is 18.4. The van der Waals surface area contributed by atoms with E-state index in [1.54, 1.807) is 6.92 Å². The van der Waals surface area contributed by atoms with Gasteiger partial charge >= 0.3 is 5.97 Å². The Balaban J connectivity index is 2.25. The van der Waals surface area contributed by atoms with E-state index in [-0.39, 0.29) is 18.7 Å². The number of β-amino-alcohol motifs (C(OH)–C–C–N with tert-alkyl or cyclic N) is 1. The van der Waals surface area contributed by atoms with Gasteiger partial charge in [-0.1, -0.05) is 0 Å². The SMILES string of the molecule is Cc1ncoc1C(=O)N1C[C@H](O)C[C@@H]1C(=O)O. The second-order valence-corrected chi connectivity index (χ2v) is 3.97. The number of hydrogen-bond acceptors (Lipinski definition) is 5. The van der Waals surface area contributed by atoms with Gasteiger partial charge in [0.1, 0.15) is 6.04 Å². The van der Waals surface area contributed by atoms with E-state index in [1.807, 2.05) is 0 Å². The number of carbonyl (C=O) groups excluding carboxylic acids is 1. The molecule has 1 aliphatic rings. The highest BCUT2D eigenvalue weighted by Crippen LogP contribution is 2.21. The Bertz CT molecular complexity index is 455. The smallest absolute Gasteiger partial charge is 0.326 e. The van der Waals surface area contributed by atoms with Crippen molar-refractivity contribution >= 4 is 11.9 Å². The van der Waals surface area contributed by atoms with E-state index in [9.17, 15) is 14.7 Å². The summed E-state index contributed by atoms with van der Waals surface area (Å²) in [4.78, 5) is 27.8. The van der Waals surface area contributed by atoms with E-state index >= 15 is 0 Å². The molecule has 1 amide bonds. The molecule has 0 saturated carbocycles. The van der Waals surface area contributed by atoms with Gasteiger partial charge in [-0.25, -0.2) is 9.78 Å². The van der Waals surface area contributed by atoms with Crippen molar-refractivity contribution in [2.24, 2.45) is 0 Å². The minimum absolute atomic E-state index is 0.00403. The number of carbonyl (C=O) groups is 2. The second-order valence-electron chi connectivity index (χ2n) is 3.97. The fraction of sp³-hybridized carbons (Fsp3) is 0.500. The minimum atomic E-state index is -1.13. The molecule has 2 heterocycles. The number of aliphatic hydroxyl groups is 1. The molecular formula is C10H12N2O5. The molecular weight excluding hydrogens is 228 g/mol. The van der Waals surface area contributed by atoms with E-state index in [1.165, 1.54) is 0 Å². The van der Waals surface area contributed by atoms with E-state index < -0.39 is 24.0 Å². The van der Waals surface area contributed by atoms with Gasteiger partial charge in [0.05, 0.1) is 11.8 Å². The average Bonchev–Trinajstić information content (AvgIpc) is 2.83. The third-order valence-corrected chi connectivity index (χ3v) is 2.76. The van der Waals surface area contributed by atoms with Crippen LogP contribution in [0.4, 0.5) is 0 Å². The molecule has 1 fully saturated rings. The molecule has 0 aromatic carbocycles. The molecule has 7 heteroatoms. The summed E-state index contributed by atoms with van der Waals surface area (Å²) in [5.74, 6) is -1.67. The van der Waals surface area contributed by atoms with E-state index in [0.717, 1.165) is 11.3 Å². The monoisotopic (exact) mass is 240 g/mol. The Labute approximate surface area is 96.7 Å². The lowest BCUT2D eigenvalue weighted by Crippen LogP contribution is -2.40. The lowest BCUT2D eigenvalue weighted by atomic mass is 10.2. The molecule has 2 rings (SSSR count). The molecule has 1 aromatic heterocycles. The van der Waals surface area contributed by atoms with Crippen molar-refractivity contribution < 1.29 is 24.2 Å². The summed E-state index contributed by atoms with van der Waals surface area (Å²) in [6.45, 7) is 1.59. The van der Waals surface area contributed by atoms with E-state index in [4.69, 9.17) is 9.52 Å². The summed E-state index contributed by atoms with van der Waals surface area (Å²) in [7, 11) is 0. The van der Waals surface area contributed by atoms with Crippen molar-refractivity contribution in [2.75, 3.05) is 6.54 Å². The van der Waals surface area contributed by atoms with Crippen LogP contribution >= 0.6 is 0 Å². The molecule has 0 radical (unpaired) electrons. The average molecular weight is 240 g/mol. The minimum Gasteiger partial charge on any atom is -0.480 e. The number of aliphatic carboxylic acids is 1. The highest BCUT2D eigenvalue weighted by molar-refractivity contribution is 5.95. The zero-order valence-electron chi connectivity index (χ0n) is 9.16. The van der Waals surface area contributed by atoms with Gasteiger partial charge in [0.2, 0.25) is 5.76 Å². The van der Waals surface area contributed by atoms with Crippen LogP contribution in [0.3, 0.4) is 0 Å². The summed E-state index contributed by atoms with van der Waals surface area (Å²) >= 11 is 0. The van der Waals surface area contributed by atoms with Gasteiger partial charge in [-0.2, -0.15) is 0 Å². The Morgan fingerprint density at radius 2 is 2.29 bits per heavy atom. The molecule has 17 heavy (non-hydrogen) atoms. The van der Waals surface area contributed by atoms with Crippen LogP contribution in [0.15, 0.2) is 10.8 Å². The third-order valence-electron chi connectivity index (χ3n) is 2.76. The molecule has 92 valence electrons. The first kappa shape index (κ1) is 11.6. The van der Waals surface area contributed by atoms with Gasteiger partial charge in [-0.05, 0) is 6.92 Å². The van der Waals surface area contributed by atoms with Crippen LogP contribution in [-0.2, 0) is 4.79 Å². The van der Waals surface area contributed by atoms with Crippen molar-refractivity contribution in [3.05, 3.63) is 17.8 Å². The number of rotatable bonds is 2. The molecule has 1 aromatic rings. The Kier molecular flexibility index (Phi) is 2.84. The lowest BCUT2D eigenvalue weighted by molar-refractivity contribution is -0.141. The van der Waals surface area contributed by atoms with Crippen molar-refractivity contribution in [3.8, 4) is 0 Å². The molecule has 1 aliphatic heterocycles. The third kappa shape index (κ3) is 2.01. The number of oxazole rings is 1. The number of likely N-dealkylation sites (tertiary alicyclic amines) is 1. The predicted octanol–water partition coefficient (Wildman–Crippen LogP) is -0.357. The molecule has 2 N–H and O–H groups in total. The zero-order valence-corrected chi connectivity index (χ0v) is 9.16. The summed E-state index contributed by atoms with van der Waals surface area (Å²) in [6.07, 6.45) is 0.349. The number of aromatic nitrogens is 1. The largest absolute Gasteiger partial charge is 0.480 e. The van der Waals surface area contributed by atoms with E-state index in [2.05, 4.69) is 4.98 Å². The maximum atomic E-state index is 12.0. The quantitative estimate of drug-likeness (QED) is 0.731. The number of nitrogens with zero attached hydrogens (tertiary/aromatic N) is 2. The van der Waals surface area contributed by atoms with Crippen LogP contribution < -0.4 is 0 Å². The van der Waals surface area contributed by atoms with Crippen LogP contribution in [0, 0.1) is 6.92 Å². The summed E-state index contributed by atoms with van der Waals surface area (Å²) < 4.78 is 4.92. The molecule has 7 nitrogen and oxygen atoms in total. The number of carboxylic acids is 1. The maximum Gasteiger partial charge on any atom is 0.326 e. The second kappa shape index (κ2) is 4.17. The molecule has 0 bridgehead atoms. The van der Waals surface area contributed by atoms with Crippen LogP contribution in [0.1, 0.15) is 22.7 Å². The van der Waals surface area contributed by atoms with Crippen molar-refractivity contribution in [1.82, 2.24) is 9.88 Å². The van der Waals surface area contributed by atoms with Crippen LogP contribution in [0.2, 0.25) is 0 Å². The maximum absolute atomic E-state index is 12.0. The van der Waals surface area contributed by atoms with Gasteiger partial charge in [0.25, 0.3) is 5.91 Å². The predicted molar refractivity (Wildman–Crippen MR) is 54.3 cm³/mol. The fourth-order valence-corrected chi connectivity index (χ4v) is 1.91. The molecule has 0 spiro atoms. The van der Waals surface area contributed by atoms with Crippen LogP contribution in [-0.4, -0.2) is 50.7 Å². The number of amides is 1. The first-order valence-corrected chi connectivity index (χ1v) is 5.12.